The van der Waals surface area contributed by atoms with Gasteiger partial charge in [0.2, 0.25) is 0 Å². The third kappa shape index (κ3) is 3.08. The molecule has 1 aromatic rings. The summed E-state index contributed by atoms with van der Waals surface area (Å²) in [7, 11) is 0. The Morgan fingerprint density at radius 1 is 1.50 bits per heavy atom. The first-order chi connectivity index (χ1) is 6.74. The molecule has 1 aromatic carbocycles. The molecule has 0 aromatic heterocycles. The van der Waals surface area contributed by atoms with Crippen LogP contribution in [-0.4, -0.2) is 11.7 Å². The molecule has 0 saturated carbocycles. The van der Waals surface area contributed by atoms with E-state index in [1.807, 2.05) is 19.1 Å². The summed E-state index contributed by atoms with van der Waals surface area (Å²) in [6.45, 7) is 3.10. The molecule has 0 radical (unpaired) electrons. The van der Waals surface area contributed by atoms with Gasteiger partial charge in [-0.2, -0.15) is 5.26 Å². The van der Waals surface area contributed by atoms with Crippen LogP contribution in [0, 0.1) is 17.2 Å². The largest absolute Gasteiger partial charge is 0.508 e. The third-order valence-electron chi connectivity index (χ3n) is 1.98. The Hall–Kier alpha value is -1.53. The van der Waals surface area contributed by atoms with Crippen molar-refractivity contribution in [1.82, 2.24) is 5.32 Å². The Morgan fingerprint density at radius 3 is 2.86 bits per heavy atom. The summed E-state index contributed by atoms with van der Waals surface area (Å²) in [5.41, 5.74) is 0.859. The van der Waals surface area contributed by atoms with E-state index in [9.17, 15) is 5.11 Å². The molecule has 1 unspecified atom stereocenters. The second kappa shape index (κ2) is 5.25. The molecule has 14 heavy (non-hydrogen) atoms. The van der Waals surface area contributed by atoms with Crippen LogP contribution in [0.3, 0.4) is 0 Å². The van der Waals surface area contributed by atoms with Crippen molar-refractivity contribution in [3.63, 3.8) is 0 Å². The molecular weight excluding hydrogens is 176 g/mol. The van der Waals surface area contributed by atoms with Crippen molar-refractivity contribution in [2.45, 2.75) is 13.5 Å². The molecule has 3 heteroatoms. The smallest absolute Gasteiger partial charge is 0.120 e. The van der Waals surface area contributed by atoms with Crippen molar-refractivity contribution in [2.24, 2.45) is 5.92 Å². The van der Waals surface area contributed by atoms with Gasteiger partial charge in [-0.05, 0) is 13.0 Å². The maximum Gasteiger partial charge on any atom is 0.120 e. The minimum atomic E-state index is 0.000792. The van der Waals surface area contributed by atoms with E-state index in [1.165, 1.54) is 0 Å². The number of benzene rings is 1. The predicted molar refractivity (Wildman–Crippen MR) is 54.6 cm³/mol. The van der Waals surface area contributed by atoms with Crippen LogP contribution in [0.5, 0.6) is 5.75 Å². The van der Waals surface area contributed by atoms with Gasteiger partial charge in [0.1, 0.15) is 5.75 Å². The lowest BCUT2D eigenvalue weighted by molar-refractivity contribution is 0.463. The Labute approximate surface area is 84.0 Å². The third-order valence-corrected chi connectivity index (χ3v) is 1.98. The normalized spacial score (nSPS) is 12.0. The van der Waals surface area contributed by atoms with Crippen molar-refractivity contribution >= 4 is 0 Å². The maximum absolute atomic E-state index is 9.43. The van der Waals surface area contributed by atoms with Gasteiger partial charge >= 0.3 is 0 Å². The number of rotatable bonds is 4. The number of hydrogen-bond acceptors (Lipinski definition) is 3. The Kier molecular flexibility index (Phi) is 3.96. The van der Waals surface area contributed by atoms with Crippen LogP contribution in [0.15, 0.2) is 24.3 Å². The van der Waals surface area contributed by atoms with Gasteiger partial charge in [0, 0.05) is 18.7 Å². The van der Waals surface area contributed by atoms with E-state index in [4.69, 9.17) is 5.26 Å². The Morgan fingerprint density at radius 2 is 2.21 bits per heavy atom. The van der Waals surface area contributed by atoms with Crippen molar-refractivity contribution in [3.8, 4) is 11.8 Å². The summed E-state index contributed by atoms with van der Waals surface area (Å²) >= 11 is 0. The zero-order chi connectivity index (χ0) is 10.4. The number of nitrogens with one attached hydrogen (secondary N) is 1. The molecular formula is C11H14N2O. The van der Waals surface area contributed by atoms with Crippen LogP contribution in [0.25, 0.3) is 0 Å². The number of nitrogens with zero attached hydrogens (tertiary/aromatic N) is 1. The summed E-state index contributed by atoms with van der Waals surface area (Å²) in [6, 6.07) is 9.33. The average molecular weight is 190 g/mol. The fourth-order valence-electron chi connectivity index (χ4n) is 1.13. The van der Waals surface area contributed by atoms with Gasteiger partial charge in [-0.1, -0.05) is 18.2 Å². The number of nitriles is 1. The second-order valence-corrected chi connectivity index (χ2v) is 3.29. The monoisotopic (exact) mass is 190 g/mol. The lowest BCUT2D eigenvalue weighted by Crippen LogP contribution is -2.19. The highest BCUT2D eigenvalue weighted by Gasteiger charge is 2.01. The fraction of sp³-hybridized carbons (Fsp3) is 0.364. The molecule has 1 rings (SSSR count). The summed E-state index contributed by atoms with van der Waals surface area (Å²) < 4.78 is 0. The van der Waals surface area contributed by atoms with Crippen molar-refractivity contribution < 1.29 is 5.11 Å². The molecule has 1 atom stereocenters. The van der Waals surface area contributed by atoms with Gasteiger partial charge in [0.15, 0.2) is 0 Å². The topological polar surface area (TPSA) is 56.0 Å². The van der Waals surface area contributed by atoms with E-state index in [1.54, 1.807) is 12.1 Å². The number of phenolic OH excluding ortho intramolecular Hbond substituents is 1. The zero-order valence-corrected chi connectivity index (χ0v) is 8.20. The highest BCUT2D eigenvalue weighted by molar-refractivity contribution is 5.31. The van der Waals surface area contributed by atoms with Crippen LogP contribution in [0.2, 0.25) is 0 Å². The van der Waals surface area contributed by atoms with E-state index >= 15 is 0 Å². The van der Waals surface area contributed by atoms with E-state index in [2.05, 4.69) is 11.4 Å². The minimum absolute atomic E-state index is 0.000792. The van der Waals surface area contributed by atoms with Crippen molar-refractivity contribution in [2.75, 3.05) is 6.54 Å². The molecule has 2 N–H and O–H groups in total. The lowest BCUT2D eigenvalue weighted by Gasteiger charge is -2.07. The highest BCUT2D eigenvalue weighted by atomic mass is 16.3. The van der Waals surface area contributed by atoms with E-state index < -0.39 is 0 Å². The minimum Gasteiger partial charge on any atom is -0.508 e. The van der Waals surface area contributed by atoms with E-state index in [0.717, 1.165) is 5.56 Å². The van der Waals surface area contributed by atoms with Crippen LogP contribution in [-0.2, 0) is 6.54 Å². The summed E-state index contributed by atoms with van der Waals surface area (Å²) in [4.78, 5) is 0. The zero-order valence-electron chi connectivity index (χ0n) is 8.20. The summed E-state index contributed by atoms with van der Waals surface area (Å²) in [5.74, 6) is 0.297. The van der Waals surface area contributed by atoms with Gasteiger partial charge in [0.05, 0.1) is 12.0 Å². The molecule has 0 amide bonds. The molecule has 0 aliphatic heterocycles. The molecule has 0 aliphatic rings. The van der Waals surface area contributed by atoms with Gasteiger partial charge in [-0.3, -0.25) is 0 Å². The number of hydrogen-bond donors (Lipinski definition) is 2. The number of para-hydroxylation sites is 1. The molecule has 3 nitrogen and oxygen atoms in total. The molecule has 0 bridgehead atoms. The Bertz CT molecular complexity index is 330. The quantitative estimate of drug-likeness (QED) is 0.758. The molecule has 0 heterocycles. The van der Waals surface area contributed by atoms with Crippen LogP contribution < -0.4 is 5.32 Å². The summed E-state index contributed by atoms with van der Waals surface area (Å²) in [5, 5.41) is 21.1. The molecule has 0 spiro atoms. The van der Waals surface area contributed by atoms with Crippen LogP contribution >= 0.6 is 0 Å². The van der Waals surface area contributed by atoms with Gasteiger partial charge < -0.3 is 10.4 Å². The first-order valence-electron chi connectivity index (χ1n) is 4.61. The van der Waals surface area contributed by atoms with Crippen molar-refractivity contribution in [1.29, 1.82) is 5.26 Å². The van der Waals surface area contributed by atoms with E-state index in [-0.39, 0.29) is 5.92 Å². The highest BCUT2D eigenvalue weighted by Crippen LogP contribution is 2.14. The maximum atomic E-state index is 9.43. The fourth-order valence-corrected chi connectivity index (χ4v) is 1.13. The van der Waals surface area contributed by atoms with Crippen LogP contribution in [0.1, 0.15) is 12.5 Å². The van der Waals surface area contributed by atoms with Crippen LogP contribution in [0.4, 0.5) is 0 Å². The van der Waals surface area contributed by atoms with Crippen molar-refractivity contribution in [3.05, 3.63) is 29.8 Å². The average Bonchev–Trinajstić information content (AvgIpc) is 2.20. The van der Waals surface area contributed by atoms with Gasteiger partial charge in [-0.15, -0.1) is 0 Å². The van der Waals surface area contributed by atoms with Gasteiger partial charge in [0.25, 0.3) is 0 Å². The lowest BCUT2D eigenvalue weighted by atomic mass is 10.2. The van der Waals surface area contributed by atoms with E-state index in [0.29, 0.717) is 18.8 Å². The molecule has 0 fully saturated rings. The summed E-state index contributed by atoms with van der Waals surface area (Å²) in [6.07, 6.45) is 0. The Balaban J connectivity index is 2.40. The van der Waals surface area contributed by atoms with Gasteiger partial charge in [-0.25, -0.2) is 0 Å². The predicted octanol–water partition coefficient (Wildman–Crippen LogP) is 1.64. The SMILES string of the molecule is CC(C#N)CNCc1ccccc1O. The standard InChI is InChI=1S/C11H14N2O/c1-9(6-12)7-13-8-10-4-2-3-5-11(10)14/h2-5,9,13-14H,7-8H2,1H3. The second-order valence-electron chi connectivity index (χ2n) is 3.29. The number of phenols is 1. The molecule has 0 saturated heterocycles. The molecule has 0 aliphatic carbocycles. The first-order valence-corrected chi connectivity index (χ1v) is 4.61. The first kappa shape index (κ1) is 10.6. The molecule has 74 valence electrons. The number of aromatic hydroxyl groups is 1.